The second kappa shape index (κ2) is 9.56. The molecule has 2 heterocycles. The molecule has 2 fully saturated rings. The first-order chi connectivity index (χ1) is 17.5. The molecule has 5 rings (SSSR count). The van der Waals surface area contributed by atoms with Crippen molar-refractivity contribution in [1.82, 2.24) is 4.31 Å². The molecule has 3 aromatic rings. The van der Waals surface area contributed by atoms with Crippen LogP contribution in [0.3, 0.4) is 0 Å². The molecule has 2 aliphatic heterocycles. The molecule has 1 spiro atoms. The van der Waals surface area contributed by atoms with E-state index in [0.29, 0.717) is 29.8 Å². The molecule has 2 N–H and O–H groups in total. The Morgan fingerprint density at radius 3 is 2.19 bits per heavy atom. The number of anilines is 2. The van der Waals surface area contributed by atoms with E-state index in [1.54, 1.807) is 42.5 Å². The van der Waals surface area contributed by atoms with Crippen molar-refractivity contribution in [2.45, 2.75) is 29.4 Å². The minimum Gasteiger partial charge on any atom is -0.359 e. The Balaban J connectivity index is 1.22. The zero-order valence-electron chi connectivity index (χ0n) is 20.1. The van der Waals surface area contributed by atoms with Gasteiger partial charge in [-0.1, -0.05) is 48.5 Å². The lowest BCUT2D eigenvalue weighted by Gasteiger charge is -2.46. The minimum atomic E-state index is -3.74. The third kappa shape index (κ3) is 5.40. The van der Waals surface area contributed by atoms with Crippen LogP contribution >= 0.6 is 0 Å². The first-order valence-corrected chi connectivity index (χ1v) is 15.1. The number of amides is 1. The van der Waals surface area contributed by atoms with Crippen molar-refractivity contribution < 1.29 is 26.4 Å². The fourth-order valence-electron chi connectivity index (χ4n) is 4.74. The molecule has 2 saturated heterocycles. The summed E-state index contributed by atoms with van der Waals surface area (Å²) in [6, 6.07) is 22.6. The Bertz CT molecular complexity index is 1520. The van der Waals surface area contributed by atoms with E-state index < -0.39 is 31.8 Å². The lowest BCUT2D eigenvalue weighted by molar-refractivity contribution is -0.142. The van der Waals surface area contributed by atoms with Crippen molar-refractivity contribution in [3.63, 3.8) is 0 Å². The van der Waals surface area contributed by atoms with Gasteiger partial charge in [0.1, 0.15) is 6.10 Å². The van der Waals surface area contributed by atoms with Crippen molar-refractivity contribution in [1.29, 1.82) is 0 Å². The first kappa shape index (κ1) is 25.4. The number of carbonyl (C=O) groups excluding carboxylic acids is 1. The van der Waals surface area contributed by atoms with Crippen LogP contribution < -0.4 is 10.0 Å². The van der Waals surface area contributed by atoms with Crippen LogP contribution in [-0.4, -0.2) is 58.1 Å². The van der Waals surface area contributed by atoms with E-state index >= 15 is 0 Å². The van der Waals surface area contributed by atoms with Gasteiger partial charge in [0, 0.05) is 30.0 Å². The number of ether oxygens (including phenoxy) is 1. The first-order valence-electron chi connectivity index (χ1n) is 11.8. The molecule has 2 aliphatic rings. The van der Waals surface area contributed by atoms with Gasteiger partial charge in [-0.25, -0.2) is 16.8 Å². The highest BCUT2D eigenvalue weighted by Gasteiger charge is 2.54. The van der Waals surface area contributed by atoms with Gasteiger partial charge in [0.15, 0.2) is 0 Å². The van der Waals surface area contributed by atoms with Crippen molar-refractivity contribution in [3.8, 4) is 11.1 Å². The summed E-state index contributed by atoms with van der Waals surface area (Å²) < 4.78 is 59.5. The van der Waals surface area contributed by atoms with E-state index in [0.717, 1.165) is 11.8 Å². The molecular weight excluding hydrogens is 514 g/mol. The molecule has 3 aromatic carbocycles. The molecule has 0 aliphatic carbocycles. The fourth-order valence-corrected chi connectivity index (χ4v) is 7.11. The number of hydrogen-bond acceptors (Lipinski definition) is 6. The number of nitrogens with zero attached hydrogens (tertiary/aromatic N) is 1. The number of nitrogens with one attached hydrogen (secondary N) is 2. The summed E-state index contributed by atoms with van der Waals surface area (Å²) in [5, 5.41) is 2.78. The van der Waals surface area contributed by atoms with Crippen molar-refractivity contribution in [2.75, 3.05) is 29.4 Å². The summed E-state index contributed by atoms with van der Waals surface area (Å²) in [4.78, 5) is 13.0. The maximum absolute atomic E-state index is 13.5. The Labute approximate surface area is 216 Å². The Kier molecular flexibility index (Phi) is 6.57. The van der Waals surface area contributed by atoms with Gasteiger partial charge in [0.05, 0.1) is 16.8 Å². The van der Waals surface area contributed by atoms with E-state index in [9.17, 15) is 21.6 Å². The molecule has 194 valence electrons. The third-order valence-electron chi connectivity index (χ3n) is 6.52. The average Bonchev–Trinajstić information content (AvgIpc) is 3.31. The fraction of sp³-hybridized carbons (Fsp3) is 0.269. The number of sulfonamides is 2. The van der Waals surface area contributed by atoms with Gasteiger partial charge >= 0.3 is 0 Å². The zero-order chi connectivity index (χ0) is 26.3. The largest absolute Gasteiger partial charge is 0.359 e. The molecule has 0 bridgehead atoms. The van der Waals surface area contributed by atoms with Crippen LogP contribution in [0, 0.1) is 0 Å². The lowest BCUT2D eigenvalue weighted by atomic mass is 9.93. The summed E-state index contributed by atoms with van der Waals surface area (Å²) in [6.07, 6.45) is 1.42. The molecule has 9 nitrogen and oxygen atoms in total. The maximum Gasteiger partial charge on any atom is 0.253 e. The minimum absolute atomic E-state index is 0.189. The summed E-state index contributed by atoms with van der Waals surface area (Å²) in [7, 11) is -7.13. The van der Waals surface area contributed by atoms with E-state index in [-0.39, 0.29) is 23.9 Å². The predicted molar refractivity (Wildman–Crippen MR) is 141 cm³/mol. The van der Waals surface area contributed by atoms with Crippen LogP contribution in [0.4, 0.5) is 11.4 Å². The van der Waals surface area contributed by atoms with Crippen LogP contribution in [0.25, 0.3) is 11.1 Å². The number of benzene rings is 3. The molecule has 1 unspecified atom stereocenters. The summed E-state index contributed by atoms with van der Waals surface area (Å²) >= 11 is 0. The van der Waals surface area contributed by atoms with Gasteiger partial charge in [0.2, 0.25) is 20.0 Å². The van der Waals surface area contributed by atoms with Crippen molar-refractivity contribution >= 4 is 37.3 Å². The Hall–Kier alpha value is -3.25. The topological polar surface area (TPSA) is 122 Å². The molecular formula is C26H27N3O6S2. The molecule has 1 amide bonds. The van der Waals surface area contributed by atoms with E-state index in [4.69, 9.17) is 4.74 Å². The second-order valence-corrected chi connectivity index (χ2v) is 13.1. The van der Waals surface area contributed by atoms with Gasteiger partial charge in [-0.05, 0) is 48.7 Å². The number of rotatable bonds is 7. The molecule has 0 saturated carbocycles. The second-order valence-electron chi connectivity index (χ2n) is 9.40. The zero-order valence-corrected chi connectivity index (χ0v) is 21.8. The maximum atomic E-state index is 13.5. The van der Waals surface area contributed by atoms with Crippen LogP contribution in [0.5, 0.6) is 0 Å². The molecule has 37 heavy (non-hydrogen) atoms. The molecule has 0 radical (unpaired) electrons. The average molecular weight is 542 g/mol. The SMILES string of the molecule is CS(=O)(=O)Nc1ccc(NC(=O)C2CCC3(CN(S(=O)(=O)c4ccccc4-c4ccccc4)C3)O2)cc1. The highest BCUT2D eigenvalue weighted by Crippen LogP contribution is 2.42. The summed E-state index contributed by atoms with van der Waals surface area (Å²) in [5.74, 6) is -0.323. The Morgan fingerprint density at radius 1 is 0.892 bits per heavy atom. The lowest BCUT2D eigenvalue weighted by Crippen LogP contribution is -2.63. The van der Waals surface area contributed by atoms with Gasteiger partial charge in [0.25, 0.3) is 5.91 Å². The quantitative estimate of drug-likeness (QED) is 0.474. The monoisotopic (exact) mass is 541 g/mol. The van der Waals surface area contributed by atoms with Crippen molar-refractivity contribution in [3.05, 3.63) is 78.9 Å². The molecule has 11 heteroatoms. The normalized spacial score (nSPS) is 19.3. The highest BCUT2D eigenvalue weighted by molar-refractivity contribution is 7.92. The van der Waals surface area contributed by atoms with E-state index in [1.165, 1.54) is 4.31 Å². The van der Waals surface area contributed by atoms with Gasteiger partial charge in [-0.2, -0.15) is 4.31 Å². The smallest absolute Gasteiger partial charge is 0.253 e. The Morgan fingerprint density at radius 2 is 1.51 bits per heavy atom. The van der Waals surface area contributed by atoms with Crippen LogP contribution in [0.2, 0.25) is 0 Å². The number of hydrogen-bond donors (Lipinski definition) is 2. The van der Waals surface area contributed by atoms with E-state index in [1.807, 2.05) is 36.4 Å². The highest BCUT2D eigenvalue weighted by atomic mass is 32.2. The predicted octanol–water partition coefficient (Wildman–Crippen LogP) is 3.29. The summed E-state index contributed by atoms with van der Waals surface area (Å²) in [5.41, 5.74) is 1.68. The summed E-state index contributed by atoms with van der Waals surface area (Å²) in [6.45, 7) is 0.377. The van der Waals surface area contributed by atoms with E-state index in [2.05, 4.69) is 10.0 Å². The number of carbonyl (C=O) groups is 1. The van der Waals surface area contributed by atoms with Gasteiger partial charge in [-0.15, -0.1) is 0 Å². The van der Waals surface area contributed by atoms with Crippen LogP contribution in [-0.2, 0) is 29.6 Å². The van der Waals surface area contributed by atoms with Gasteiger partial charge < -0.3 is 10.1 Å². The van der Waals surface area contributed by atoms with Crippen molar-refractivity contribution in [2.24, 2.45) is 0 Å². The standard InChI is InChI=1S/C26H27N3O6S2/c1-36(31,32)28-21-13-11-20(12-14-21)27-25(30)23-15-16-26(35-23)17-29(18-26)37(33,34)24-10-6-5-9-22(24)19-7-3-2-4-8-19/h2-14,23,28H,15-18H2,1H3,(H,27,30). The van der Waals surface area contributed by atoms with Crippen LogP contribution in [0.15, 0.2) is 83.8 Å². The van der Waals surface area contributed by atoms with Gasteiger partial charge in [-0.3, -0.25) is 9.52 Å². The third-order valence-corrected chi connectivity index (χ3v) is 8.98. The molecule has 0 aromatic heterocycles. The molecule has 1 atom stereocenters. The van der Waals surface area contributed by atoms with Crippen LogP contribution in [0.1, 0.15) is 12.8 Å².